The first-order valence-corrected chi connectivity index (χ1v) is 9.20. The minimum atomic E-state index is 0.315. The predicted octanol–water partition coefficient (Wildman–Crippen LogP) is 4.58. The third-order valence-corrected chi connectivity index (χ3v) is 4.38. The Balaban J connectivity index is 1.55. The highest BCUT2D eigenvalue weighted by Gasteiger charge is 2.09. The molecule has 1 aromatic heterocycles. The molecule has 0 radical (unpaired) electrons. The molecule has 0 aliphatic rings. The van der Waals surface area contributed by atoms with E-state index < -0.39 is 0 Å². The molecule has 0 amide bonds. The summed E-state index contributed by atoms with van der Waals surface area (Å²) in [5.41, 5.74) is 2.67. The molecule has 0 aliphatic heterocycles. The number of hydrogen-bond donors (Lipinski definition) is 2. The molecular formula is C19H19ClN4O2S. The number of benzene rings is 2. The Morgan fingerprint density at radius 3 is 2.70 bits per heavy atom. The average Bonchev–Trinajstić information content (AvgIpc) is 3.13. The highest BCUT2D eigenvalue weighted by Crippen LogP contribution is 2.21. The van der Waals surface area contributed by atoms with Crippen LogP contribution in [0.4, 0.5) is 5.69 Å². The smallest absolute Gasteiger partial charge is 0.246 e. The number of rotatable bonds is 6. The number of anilines is 1. The molecule has 0 saturated heterocycles. The summed E-state index contributed by atoms with van der Waals surface area (Å²) in [4.78, 5) is 4.37. The van der Waals surface area contributed by atoms with E-state index in [0.717, 1.165) is 22.6 Å². The lowest BCUT2D eigenvalue weighted by molar-refractivity contribution is 0.340. The van der Waals surface area contributed by atoms with E-state index in [2.05, 4.69) is 20.8 Å². The summed E-state index contributed by atoms with van der Waals surface area (Å²) < 4.78 is 10.7. The van der Waals surface area contributed by atoms with Gasteiger partial charge in [-0.05, 0) is 68.0 Å². The summed E-state index contributed by atoms with van der Waals surface area (Å²) in [6.45, 7) is 4.83. The van der Waals surface area contributed by atoms with Crippen LogP contribution in [0.25, 0.3) is 11.4 Å². The van der Waals surface area contributed by atoms with Crippen LogP contribution in [0.5, 0.6) is 5.75 Å². The average molecular weight is 403 g/mol. The number of hydrogen-bond acceptors (Lipinski definition) is 5. The predicted molar refractivity (Wildman–Crippen MR) is 110 cm³/mol. The van der Waals surface area contributed by atoms with Crippen molar-refractivity contribution in [3.8, 4) is 17.1 Å². The first kappa shape index (κ1) is 19.1. The number of nitrogens with one attached hydrogen (secondary N) is 2. The maximum Gasteiger partial charge on any atom is 0.246 e. The van der Waals surface area contributed by atoms with Crippen LogP contribution in [0.3, 0.4) is 0 Å². The van der Waals surface area contributed by atoms with Gasteiger partial charge in [-0.15, -0.1) is 0 Å². The van der Waals surface area contributed by atoms with Gasteiger partial charge in [-0.25, -0.2) is 0 Å². The second-order valence-electron chi connectivity index (χ2n) is 5.74. The summed E-state index contributed by atoms with van der Waals surface area (Å²) in [5, 5.41) is 11.2. The first-order valence-electron chi connectivity index (χ1n) is 8.42. The molecule has 6 nitrogen and oxygen atoms in total. The van der Waals surface area contributed by atoms with E-state index in [1.165, 1.54) is 0 Å². The van der Waals surface area contributed by atoms with Crippen LogP contribution < -0.4 is 15.4 Å². The van der Waals surface area contributed by atoms with Crippen LogP contribution in [0.1, 0.15) is 18.4 Å². The molecule has 2 N–H and O–H groups in total. The zero-order valence-corrected chi connectivity index (χ0v) is 16.5. The Kier molecular flexibility index (Phi) is 6.26. The summed E-state index contributed by atoms with van der Waals surface area (Å²) in [6, 6.07) is 13.2. The van der Waals surface area contributed by atoms with Crippen molar-refractivity contribution in [1.29, 1.82) is 0 Å². The Labute approximate surface area is 167 Å². The fraction of sp³-hybridized carbons (Fsp3) is 0.211. The molecular weight excluding hydrogens is 384 g/mol. The van der Waals surface area contributed by atoms with Gasteiger partial charge in [-0.1, -0.05) is 22.8 Å². The molecule has 1 heterocycles. The minimum absolute atomic E-state index is 0.315. The van der Waals surface area contributed by atoms with Crippen LogP contribution in [-0.4, -0.2) is 21.9 Å². The second kappa shape index (κ2) is 8.83. The lowest BCUT2D eigenvalue weighted by atomic mass is 10.2. The van der Waals surface area contributed by atoms with E-state index in [1.54, 1.807) is 0 Å². The molecule has 8 heteroatoms. The third-order valence-electron chi connectivity index (χ3n) is 3.72. The standard InChI is InChI=1S/C19H19ClN4O2S/c1-3-25-15-8-5-13(6-9-15)18-23-17(26-24-18)11-21-19(27)22-14-7-4-12(2)16(20)10-14/h4-10H,3,11H2,1-2H3,(H2,21,22,27). The van der Waals surface area contributed by atoms with E-state index in [0.29, 0.717) is 35.0 Å². The highest BCUT2D eigenvalue weighted by molar-refractivity contribution is 7.80. The van der Waals surface area contributed by atoms with Gasteiger partial charge in [0.05, 0.1) is 13.2 Å². The summed E-state index contributed by atoms with van der Waals surface area (Å²) in [7, 11) is 0. The quantitative estimate of drug-likeness (QED) is 0.584. The zero-order valence-electron chi connectivity index (χ0n) is 15.0. The van der Waals surface area contributed by atoms with Crippen LogP contribution in [-0.2, 0) is 6.54 Å². The van der Waals surface area contributed by atoms with E-state index in [-0.39, 0.29) is 0 Å². The van der Waals surface area contributed by atoms with Crippen molar-refractivity contribution in [2.24, 2.45) is 0 Å². The first-order chi connectivity index (χ1) is 13.0. The van der Waals surface area contributed by atoms with Gasteiger partial charge < -0.3 is 19.9 Å². The Morgan fingerprint density at radius 1 is 1.22 bits per heavy atom. The maximum absolute atomic E-state index is 6.11. The largest absolute Gasteiger partial charge is 0.494 e. The molecule has 0 atom stereocenters. The normalized spacial score (nSPS) is 10.5. The van der Waals surface area contributed by atoms with Crippen molar-refractivity contribution in [3.05, 3.63) is 58.9 Å². The monoisotopic (exact) mass is 402 g/mol. The molecule has 0 fully saturated rings. The van der Waals surface area contributed by atoms with E-state index >= 15 is 0 Å². The number of ether oxygens (including phenoxy) is 1. The van der Waals surface area contributed by atoms with Crippen molar-refractivity contribution in [3.63, 3.8) is 0 Å². The van der Waals surface area contributed by atoms with Crippen molar-refractivity contribution in [2.75, 3.05) is 11.9 Å². The maximum atomic E-state index is 6.11. The van der Waals surface area contributed by atoms with Gasteiger partial charge in [0, 0.05) is 16.3 Å². The van der Waals surface area contributed by atoms with Gasteiger partial charge in [-0.3, -0.25) is 0 Å². The molecule has 3 rings (SSSR count). The fourth-order valence-corrected chi connectivity index (χ4v) is 2.68. The van der Waals surface area contributed by atoms with Gasteiger partial charge in [0.1, 0.15) is 5.75 Å². The topological polar surface area (TPSA) is 72.2 Å². The van der Waals surface area contributed by atoms with Gasteiger partial charge in [-0.2, -0.15) is 4.98 Å². The Hall–Kier alpha value is -2.64. The van der Waals surface area contributed by atoms with Crippen molar-refractivity contribution >= 4 is 34.6 Å². The van der Waals surface area contributed by atoms with Crippen LogP contribution in [0.15, 0.2) is 47.0 Å². The van der Waals surface area contributed by atoms with Gasteiger partial charge in [0.15, 0.2) is 5.11 Å². The molecule has 0 saturated carbocycles. The number of aromatic nitrogens is 2. The van der Waals surface area contributed by atoms with Crippen LogP contribution >= 0.6 is 23.8 Å². The molecule has 2 aromatic carbocycles. The minimum Gasteiger partial charge on any atom is -0.494 e. The van der Waals surface area contributed by atoms with Gasteiger partial charge in [0.2, 0.25) is 11.7 Å². The molecule has 0 spiro atoms. The molecule has 27 heavy (non-hydrogen) atoms. The summed E-state index contributed by atoms with van der Waals surface area (Å²) in [5.74, 6) is 1.75. The summed E-state index contributed by atoms with van der Waals surface area (Å²) in [6.07, 6.45) is 0. The highest BCUT2D eigenvalue weighted by atomic mass is 35.5. The fourth-order valence-electron chi connectivity index (χ4n) is 2.31. The van der Waals surface area contributed by atoms with Crippen molar-refractivity contribution in [2.45, 2.75) is 20.4 Å². The molecule has 0 unspecified atom stereocenters. The van der Waals surface area contributed by atoms with E-state index in [4.69, 9.17) is 33.1 Å². The van der Waals surface area contributed by atoms with Gasteiger partial charge in [0.25, 0.3) is 0 Å². The SMILES string of the molecule is CCOc1ccc(-c2noc(CNC(=S)Nc3ccc(C)c(Cl)c3)n2)cc1. The molecule has 0 bridgehead atoms. The van der Waals surface area contributed by atoms with Gasteiger partial charge >= 0.3 is 0 Å². The Morgan fingerprint density at radius 2 is 2.00 bits per heavy atom. The lowest BCUT2D eigenvalue weighted by Crippen LogP contribution is -2.28. The number of halogens is 1. The summed E-state index contributed by atoms with van der Waals surface area (Å²) >= 11 is 11.4. The lowest BCUT2D eigenvalue weighted by Gasteiger charge is -2.09. The number of thiocarbonyl (C=S) groups is 1. The number of nitrogens with zero attached hydrogens (tertiary/aromatic N) is 2. The van der Waals surface area contributed by atoms with Crippen molar-refractivity contribution < 1.29 is 9.26 Å². The van der Waals surface area contributed by atoms with Crippen molar-refractivity contribution in [1.82, 2.24) is 15.5 Å². The molecule has 3 aromatic rings. The van der Waals surface area contributed by atoms with E-state index in [1.807, 2.05) is 56.3 Å². The van der Waals surface area contributed by atoms with Crippen LogP contribution in [0, 0.1) is 6.92 Å². The van der Waals surface area contributed by atoms with Crippen LogP contribution in [0.2, 0.25) is 5.02 Å². The Bertz CT molecular complexity index is 928. The second-order valence-corrected chi connectivity index (χ2v) is 6.56. The third kappa shape index (κ3) is 5.18. The zero-order chi connectivity index (χ0) is 19.2. The molecule has 140 valence electrons. The molecule has 0 aliphatic carbocycles. The van der Waals surface area contributed by atoms with E-state index in [9.17, 15) is 0 Å². The number of aryl methyl sites for hydroxylation is 1.